The first kappa shape index (κ1) is 22.8. The Balaban J connectivity index is 1.52. The molecule has 0 aliphatic carbocycles. The Morgan fingerprint density at radius 2 is 2.00 bits per heavy atom. The number of rotatable bonds is 7. The fourth-order valence-electron chi connectivity index (χ4n) is 4.08. The third kappa shape index (κ3) is 4.30. The summed E-state index contributed by atoms with van der Waals surface area (Å²) in [5.41, 5.74) is 3.02. The zero-order valence-electron chi connectivity index (χ0n) is 19.5. The highest BCUT2D eigenvalue weighted by molar-refractivity contribution is 6.33. The monoisotopic (exact) mass is 490 g/mol. The van der Waals surface area contributed by atoms with Crippen LogP contribution in [0, 0.1) is 6.92 Å². The maximum Gasteiger partial charge on any atom is 0.255 e. The van der Waals surface area contributed by atoms with Crippen molar-refractivity contribution in [3.8, 4) is 22.9 Å². The van der Waals surface area contributed by atoms with Crippen molar-refractivity contribution >= 4 is 28.5 Å². The van der Waals surface area contributed by atoms with Crippen LogP contribution in [0.2, 0.25) is 5.02 Å². The lowest BCUT2D eigenvalue weighted by Gasteiger charge is -2.21. The fourth-order valence-corrected chi connectivity index (χ4v) is 4.30. The molecule has 0 aliphatic heterocycles. The van der Waals surface area contributed by atoms with Crippen molar-refractivity contribution < 1.29 is 13.6 Å². The maximum atomic E-state index is 13.9. The van der Waals surface area contributed by atoms with Crippen molar-refractivity contribution in [1.29, 1.82) is 0 Å². The number of pyridine rings is 1. The second-order valence-corrected chi connectivity index (χ2v) is 8.55. The molecule has 0 bridgehead atoms. The molecule has 0 saturated heterocycles. The minimum absolute atomic E-state index is 0.156. The summed E-state index contributed by atoms with van der Waals surface area (Å²) in [5, 5.41) is 14.0. The first-order valence-electron chi connectivity index (χ1n) is 11.2. The molecule has 1 aromatic carbocycles. The van der Waals surface area contributed by atoms with Crippen LogP contribution in [0.3, 0.4) is 0 Å². The second kappa shape index (κ2) is 9.34. The summed E-state index contributed by atoms with van der Waals surface area (Å²) in [4.78, 5) is 20.3. The van der Waals surface area contributed by atoms with E-state index in [-0.39, 0.29) is 12.5 Å². The summed E-state index contributed by atoms with van der Waals surface area (Å²) in [6.07, 6.45) is 2.33. The van der Waals surface area contributed by atoms with Gasteiger partial charge in [0.1, 0.15) is 5.69 Å². The van der Waals surface area contributed by atoms with E-state index >= 15 is 0 Å². The van der Waals surface area contributed by atoms with Gasteiger partial charge in [-0.25, -0.2) is 4.98 Å². The molecule has 0 spiro atoms. The highest BCUT2D eigenvalue weighted by atomic mass is 35.5. The lowest BCUT2D eigenvalue weighted by Crippen LogP contribution is -2.31. The van der Waals surface area contributed by atoms with Crippen LogP contribution >= 0.6 is 11.6 Å². The summed E-state index contributed by atoms with van der Waals surface area (Å²) in [7, 11) is 1.81. The molecule has 178 valence electrons. The number of carbonyl (C=O) groups excluding carboxylic acids is 1. The fraction of sp³-hybridized carbons (Fsp3) is 0.240. The van der Waals surface area contributed by atoms with E-state index < -0.39 is 0 Å². The van der Waals surface area contributed by atoms with Gasteiger partial charge in [0, 0.05) is 13.6 Å². The highest BCUT2D eigenvalue weighted by Gasteiger charge is 2.25. The molecule has 9 nitrogen and oxygen atoms in total. The molecule has 35 heavy (non-hydrogen) atoms. The van der Waals surface area contributed by atoms with E-state index in [1.807, 2.05) is 38.1 Å². The van der Waals surface area contributed by atoms with Crippen LogP contribution in [-0.4, -0.2) is 42.3 Å². The van der Waals surface area contributed by atoms with Gasteiger partial charge in [-0.05, 0) is 43.7 Å². The van der Waals surface area contributed by atoms with Gasteiger partial charge < -0.3 is 13.7 Å². The number of aryl methyl sites for hydroxylation is 2. The molecule has 0 unspecified atom stereocenters. The smallest absolute Gasteiger partial charge is 0.255 e. The predicted octanol–water partition coefficient (Wildman–Crippen LogP) is 5.29. The van der Waals surface area contributed by atoms with Crippen molar-refractivity contribution in [2.24, 2.45) is 7.05 Å². The Kier molecular flexibility index (Phi) is 6.08. The van der Waals surface area contributed by atoms with Crippen molar-refractivity contribution in [3.63, 3.8) is 0 Å². The summed E-state index contributed by atoms with van der Waals surface area (Å²) in [6, 6.07) is 12.6. The number of furan rings is 1. The third-order valence-electron chi connectivity index (χ3n) is 5.65. The van der Waals surface area contributed by atoms with Crippen molar-refractivity contribution in [2.75, 3.05) is 6.54 Å². The van der Waals surface area contributed by atoms with Crippen LogP contribution in [-0.2, 0) is 13.6 Å². The average molecular weight is 491 g/mol. The number of hydrogen-bond donors (Lipinski definition) is 0. The van der Waals surface area contributed by atoms with Gasteiger partial charge in [-0.3, -0.25) is 9.48 Å². The predicted molar refractivity (Wildman–Crippen MR) is 131 cm³/mol. The summed E-state index contributed by atoms with van der Waals surface area (Å²) >= 11 is 6.27. The van der Waals surface area contributed by atoms with Gasteiger partial charge in [-0.15, -0.1) is 10.2 Å². The van der Waals surface area contributed by atoms with E-state index in [0.29, 0.717) is 57.0 Å². The molecule has 0 fully saturated rings. The van der Waals surface area contributed by atoms with Gasteiger partial charge in [0.05, 0.1) is 40.0 Å². The molecule has 5 aromatic rings. The summed E-state index contributed by atoms with van der Waals surface area (Å²) in [5.74, 6) is 1.02. The van der Waals surface area contributed by atoms with E-state index in [4.69, 9.17) is 25.4 Å². The van der Waals surface area contributed by atoms with Gasteiger partial charge in [0.25, 0.3) is 5.91 Å². The number of halogens is 1. The minimum atomic E-state index is -0.180. The van der Waals surface area contributed by atoms with Crippen LogP contribution in [0.5, 0.6) is 0 Å². The molecule has 0 atom stereocenters. The Hall–Kier alpha value is -3.98. The molecule has 5 rings (SSSR count). The Labute approximate surface area is 206 Å². The van der Waals surface area contributed by atoms with Gasteiger partial charge in [-0.2, -0.15) is 5.10 Å². The lowest BCUT2D eigenvalue weighted by atomic mass is 10.1. The lowest BCUT2D eigenvalue weighted by molar-refractivity contribution is 0.0730. The number of amides is 1. The first-order valence-corrected chi connectivity index (χ1v) is 11.6. The molecule has 4 heterocycles. The summed E-state index contributed by atoms with van der Waals surface area (Å²) < 4.78 is 13.1. The standard InChI is InChI=1S/C25H23ClN6O3/c1-4-11-32(14-21-28-29-24(35-21)16-8-5-6-9-18(16)26)25(33)17-13-19(20-10-7-12-34-20)27-23-22(17)15(2)30-31(23)3/h5-10,12-13H,4,11,14H2,1-3H3. The van der Waals surface area contributed by atoms with Crippen LogP contribution in [0.4, 0.5) is 0 Å². The van der Waals surface area contributed by atoms with Crippen LogP contribution in [0.15, 0.2) is 57.6 Å². The molecule has 1 amide bonds. The van der Waals surface area contributed by atoms with Crippen molar-refractivity contribution in [2.45, 2.75) is 26.8 Å². The Morgan fingerprint density at radius 3 is 2.74 bits per heavy atom. The highest BCUT2D eigenvalue weighted by Crippen LogP contribution is 2.29. The Morgan fingerprint density at radius 1 is 1.17 bits per heavy atom. The number of nitrogens with zero attached hydrogens (tertiary/aromatic N) is 6. The maximum absolute atomic E-state index is 13.9. The zero-order chi connectivity index (χ0) is 24.5. The SMILES string of the molecule is CCCN(Cc1nnc(-c2ccccc2Cl)o1)C(=O)c1cc(-c2ccco2)nc2c1c(C)nn2C. The topological polar surface area (TPSA) is 103 Å². The number of aromatic nitrogens is 5. The van der Waals surface area contributed by atoms with E-state index in [1.54, 1.807) is 41.1 Å². The number of fused-ring (bicyclic) bond motifs is 1. The van der Waals surface area contributed by atoms with Crippen molar-refractivity contribution in [3.05, 3.63) is 70.9 Å². The van der Waals surface area contributed by atoms with E-state index in [1.165, 1.54) is 0 Å². The van der Waals surface area contributed by atoms with Gasteiger partial charge in [-0.1, -0.05) is 30.7 Å². The van der Waals surface area contributed by atoms with E-state index in [2.05, 4.69) is 15.3 Å². The molecule has 0 N–H and O–H groups in total. The second-order valence-electron chi connectivity index (χ2n) is 8.15. The molecule has 10 heteroatoms. The van der Waals surface area contributed by atoms with E-state index in [9.17, 15) is 4.79 Å². The molecular weight excluding hydrogens is 468 g/mol. The molecule has 0 saturated carbocycles. The summed E-state index contributed by atoms with van der Waals surface area (Å²) in [6.45, 7) is 4.53. The van der Waals surface area contributed by atoms with Crippen LogP contribution in [0.1, 0.15) is 35.3 Å². The molecule has 0 radical (unpaired) electrons. The molecular formula is C25H23ClN6O3. The zero-order valence-corrected chi connectivity index (χ0v) is 20.3. The van der Waals surface area contributed by atoms with Crippen LogP contribution < -0.4 is 0 Å². The quantitative estimate of drug-likeness (QED) is 0.305. The average Bonchev–Trinajstić information content (AvgIpc) is 3.60. The number of hydrogen-bond acceptors (Lipinski definition) is 7. The first-order chi connectivity index (χ1) is 17.0. The number of carbonyl (C=O) groups is 1. The van der Waals surface area contributed by atoms with Gasteiger partial charge in [0.15, 0.2) is 11.4 Å². The third-order valence-corrected chi connectivity index (χ3v) is 5.98. The van der Waals surface area contributed by atoms with E-state index in [0.717, 1.165) is 12.1 Å². The largest absolute Gasteiger partial charge is 0.463 e. The normalized spacial score (nSPS) is 11.3. The van der Waals surface area contributed by atoms with Gasteiger partial charge in [0.2, 0.25) is 11.8 Å². The number of benzene rings is 1. The van der Waals surface area contributed by atoms with Crippen LogP contribution in [0.25, 0.3) is 33.9 Å². The minimum Gasteiger partial charge on any atom is -0.463 e. The van der Waals surface area contributed by atoms with Crippen molar-refractivity contribution in [1.82, 2.24) is 29.9 Å². The Bertz CT molecular complexity index is 1510. The molecule has 0 aliphatic rings. The van der Waals surface area contributed by atoms with Gasteiger partial charge >= 0.3 is 0 Å². The molecule has 4 aromatic heterocycles.